The Morgan fingerprint density at radius 1 is 0.266 bits per heavy atom. The van der Waals surface area contributed by atoms with Gasteiger partial charge >= 0.3 is 0 Å². The van der Waals surface area contributed by atoms with Crippen LogP contribution in [0.3, 0.4) is 0 Å². The normalized spacial score (nSPS) is 15.0. The van der Waals surface area contributed by atoms with E-state index in [1.165, 1.54) is 104 Å². The Labute approximate surface area is 455 Å². The first kappa shape index (κ1) is 44.0. The fourth-order valence-corrected chi connectivity index (χ4v) is 13.5. The number of fused-ring (bicyclic) bond motifs is 13. The molecule has 0 amide bonds. The topological polar surface area (TPSA) is 35.5 Å². The molecule has 3 nitrogen and oxygen atoms in total. The summed E-state index contributed by atoms with van der Waals surface area (Å²) in [5.41, 5.74) is 19.0. The molecule has 0 bridgehead atoms. The molecule has 1 aliphatic heterocycles. The first-order valence-corrected chi connectivity index (χ1v) is 27.3. The summed E-state index contributed by atoms with van der Waals surface area (Å²) in [6.07, 6.45) is 6.67. The van der Waals surface area contributed by atoms with Crippen LogP contribution in [-0.2, 0) is 0 Å². The summed E-state index contributed by atoms with van der Waals surface area (Å²) in [5, 5.41) is 14.1. The number of hydrogen-bond donors (Lipinski definition) is 0. The number of benzene rings is 13. The third-order valence-corrected chi connectivity index (χ3v) is 17.0. The van der Waals surface area contributed by atoms with E-state index in [0.29, 0.717) is 0 Å². The maximum Gasteiger partial charge on any atom is 0.135 e. The predicted octanol–water partition coefficient (Wildman–Crippen LogP) is 20.9. The lowest BCUT2D eigenvalue weighted by Crippen LogP contribution is -2.21. The predicted molar refractivity (Wildman–Crippen MR) is 329 cm³/mol. The van der Waals surface area contributed by atoms with Gasteiger partial charge in [0, 0.05) is 38.6 Å². The van der Waals surface area contributed by atoms with Gasteiger partial charge in [-0.15, -0.1) is 0 Å². The Kier molecular flexibility index (Phi) is 9.54. The van der Waals surface area contributed by atoms with E-state index >= 15 is 0 Å². The lowest BCUT2D eigenvalue weighted by atomic mass is 9.79. The Morgan fingerprint density at radius 2 is 0.608 bits per heavy atom. The Balaban J connectivity index is 0.773. The van der Waals surface area contributed by atoms with E-state index in [0.717, 1.165) is 60.8 Å². The van der Waals surface area contributed by atoms with Crippen molar-refractivity contribution in [2.24, 2.45) is 0 Å². The summed E-state index contributed by atoms with van der Waals surface area (Å²) in [6, 6.07) is 90.3. The molecule has 17 rings (SSSR count). The molecule has 3 heteroatoms. The minimum absolute atomic E-state index is 0.0143. The zero-order valence-electron chi connectivity index (χ0n) is 42.8. The molecule has 15 aromatic rings. The molecular formula is C76H46O3. The average Bonchev–Trinajstić information content (AvgIpc) is 4.40. The molecule has 0 saturated heterocycles. The molecule has 0 radical (unpaired) electrons. The summed E-state index contributed by atoms with van der Waals surface area (Å²) in [4.78, 5) is 0. The molecule has 0 saturated carbocycles. The van der Waals surface area contributed by atoms with Crippen molar-refractivity contribution in [2.45, 2.75) is 12.0 Å². The monoisotopic (exact) mass is 1010 g/mol. The van der Waals surface area contributed by atoms with Gasteiger partial charge in [-0.25, -0.2) is 0 Å². The highest BCUT2D eigenvalue weighted by Crippen LogP contribution is 2.53. The van der Waals surface area contributed by atoms with Gasteiger partial charge in [-0.05, 0) is 165 Å². The molecule has 0 N–H and O–H groups in total. The molecule has 1 aliphatic carbocycles. The van der Waals surface area contributed by atoms with Gasteiger partial charge in [0.25, 0.3) is 0 Å². The van der Waals surface area contributed by atoms with Crippen LogP contribution in [-0.4, -0.2) is 6.10 Å². The van der Waals surface area contributed by atoms with Crippen molar-refractivity contribution in [3.63, 3.8) is 0 Å². The van der Waals surface area contributed by atoms with Crippen LogP contribution >= 0.6 is 0 Å². The zero-order chi connectivity index (χ0) is 51.7. The van der Waals surface area contributed by atoms with E-state index in [2.05, 4.69) is 267 Å². The second kappa shape index (κ2) is 17.1. The van der Waals surface area contributed by atoms with Crippen LogP contribution in [0.25, 0.3) is 148 Å². The van der Waals surface area contributed by atoms with Crippen molar-refractivity contribution in [3.05, 3.63) is 278 Å². The molecule has 2 aromatic heterocycles. The maximum absolute atomic E-state index is 7.21. The quantitative estimate of drug-likeness (QED) is 0.156. The minimum atomic E-state index is -0.214. The molecule has 2 unspecified atom stereocenters. The van der Waals surface area contributed by atoms with Crippen LogP contribution < -0.4 is 4.74 Å². The number of hydrogen-bond acceptors (Lipinski definition) is 3. The van der Waals surface area contributed by atoms with Gasteiger partial charge in [0.2, 0.25) is 0 Å². The van der Waals surface area contributed by atoms with Crippen molar-refractivity contribution in [1.29, 1.82) is 0 Å². The summed E-state index contributed by atoms with van der Waals surface area (Å²) in [7, 11) is 0. The first-order chi connectivity index (χ1) is 39.2. The SMILES string of the molecule is C1=CC2c3cc(-c4c5ccccc5c(-c5ccc6oc7ccc(-c8ccccc8)cc7c6c5)c5ccccc45)ccc3OC2C(c2c3ccccc3c(-c3ccc4oc5ccc(-c6ccccc6)cc5c4c3)c3ccccc23)=C1. The molecule has 2 atom stereocenters. The van der Waals surface area contributed by atoms with Crippen LogP contribution in [0.2, 0.25) is 0 Å². The third kappa shape index (κ3) is 6.73. The van der Waals surface area contributed by atoms with Crippen LogP contribution in [0.1, 0.15) is 17.0 Å². The second-order valence-corrected chi connectivity index (χ2v) is 21.3. The van der Waals surface area contributed by atoms with E-state index in [1.807, 2.05) is 0 Å². The van der Waals surface area contributed by atoms with Crippen LogP contribution in [0, 0.1) is 0 Å². The highest BCUT2D eigenvalue weighted by molar-refractivity contribution is 6.23. The van der Waals surface area contributed by atoms with Crippen molar-refractivity contribution in [1.82, 2.24) is 0 Å². The van der Waals surface area contributed by atoms with E-state index in [4.69, 9.17) is 13.6 Å². The lowest BCUT2D eigenvalue weighted by molar-refractivity contribution is 0.278. The Bertz CT molecular complexity index is 5000. The lowest BCUT2D eigenvalue weighted by Gasteiger charge is -2.26. The van der Waals surface area contributed by atoms with E-state index < -0.39 is 0 Å². The maximum atomic E-state index is 7.21. The zero-order valence-corrected chi connectivity index (χ0v) is 42.8. The van der Waals surface area contributed by atoms with E-state index in [-0.39, 0.29) is 12.0 Å². The molecule has 0 spiro atoms. The standard InChI is InChI=1S/C76H46O3/c1-3-16-45(17-4-1)47-30-35-67-63(40-47)65-43-50(32-37-69(65)77-67)73-54-22-9-7-20-52(54)72(53-21-8-10-23-55(53)73)49-34-39-71-62(42-49)60-28-15-29-61(76(60)79-71)75-58-26-13-11-24-56(58)74(57-25-12-14-27-59(57)75)51-33-38-70-66(44-51)64-41-48(31-36-68(64)78-70)46-18-5-2-6-19-46/h1-44,60,76H. The Morgan fingerprint density at radius 3 is 1.03 bits per heavy atom. The van der Waals surface area contributed by atoms with E-state index in [9.17, 15) is 0 Å². The third-order valence-electron chi connectivity index (χ3n) is 17.0. The van der Waals surface area contributed by atoms with Crippen molar-refractivity contribution in [2.75, 3.05) is 0 Å². The number of rotatable bonds is 6. The average molecular weight is 1010 g/mol. The molecule has 13 aromatic carbocycles. The van der Waals surface area contributed by atoms with Crippen molar-refractivity contribution in [3.8, 4) is 61.4 Å². The van der Waals surface area contributed by atoms with Crippen molar-refractivity contribution >= 4 is 92.5 Å². The fraction of sp³-hybridized carbons (Fsp3) is 0.0263. The van der Waals surface area contributed by atoms with Crippen LogP contribution in [0.5, 0.6) is 5.75 Å². The smallest absolute Gasteiger partial charge is 0.135 e. The molecule has 0 fully saturated rings. The summed E-state index contributed by atoms with van der Waals surface area (Å²) < 4.78 is 20.1. The summed E-state index contributed by atoms with van der Waals surface area (Å²) in [5.74, 6) is 0.944. The van der Waals surface area contributed by atoms with E-state index in [1.54, 1.807) is 0 Å². The van der Waals surface area contributed by atoms with Gasteiger partial charge in [-0.2, -0.15) is 0 Å². The summed E-state index contributed by atoms with van der Waals surface area (Å²) in [6.45, 7) is 0. The van der Waals surface area contributed by atoms with Gasteiger partial charge in [0.05, 0.1) is 0 Å². The highest BCUT2D eigenvalue weighted by atomic mass is 16.5. The molecule has 3 heterocycles. The van der Waals surface area contributed by atoms with Gasteiger partial charge in [0.1, 0.15) is 34.2 Å². The number of ether oxygens (including phenoxy) is 1. The second-order valence-electron chi connectivity index (χ2n) is 21.3. The molecular weight excluding hydrogens is 961 g/mol. The minimum Gasteiger partial charge on any atom is -0.484 e. The van der Waals surface area contributed by atoms with Crippen LogP contribution in [0.15, 0.2) is 276 Å². The van der Waals surface area contributed by atoms with Gasteiger partial charge < -0.3 is 13.6 Å². The van der Waals surface area contributed by atoms with Gasteiger partial charge in [0.15, 0.2) is 0 Å². The number of allylic oxidation sites excluding steroid dienone is 2. The summed E-state index contributed by atoms with van der Waals surface area (Å²) >= 11 is 0. The largest absolute Gasteiger partial charge is 0.484 e. The van der Waals surface area contributed by atoms with Crippen LogP contribution in [0.4, 0.5) is 0 Å². The highest BCUT2D eigenvalue weighted by Gasteiger charge is 2.39. The molecule has 79 heavy (non-hydrogen) atoms. The van der Waals surface area contributed by atoms with Gasteiger partial charge in [-0.1, -0.05) is 206 Å². The van der Waals surface area contributed by atoms with Crippen molar-refractivity contribution < 1.29 is 13.6 Å². The molecule has 2 aliphatic rings. The molecule has 368 valence electrons. The number of furan rings is 2. The first-order valence-electron chi connectivity index (χ1n) is 27.3. The Hall–Kier alpha value is -10.2. The fourth-order valence-electron chi connectivity index (χ4n) is 13.5. The van der Waals surface area contributed by atoms with Gasteiger partial charge in [-0.3, -0.25) is 0 Å².